The van der Waals surface area contributed by atoms with Crippen LogP contribution in [0.1, 0.15) is 18.4 Å². The number of rotatable bonds is 4. The average Bonchev–Trinajstić information content (AvgIpc) is 2.57. The third-order valence-corrected chi connectivity index (χ3v) is 4.67. The molecule has 0 aromatic heterocycles. The summed E-state index contributed by atoms with van der Waals surface area (Å²) >= 11 is 0. The van der Waals surface area contributed by atoms with Crippen molar-refractivity contribution in [3.8, 4) is 0 Å². The number of carbonyl (C=O) groups excluding carboxylic acids is 2. The molecule has 1 aromatic carbocycles. The summed E-state index contributed by atoms with van der Waals surface area (Å²) in [7, 11) is 2.06. The second kappa shape index (κ2) is 7.77. The lowest BCUT2D eigenvalue weighted by Gasteiger charge is -2.37. The molecule has 2 aliphatic heterocycles. The van der Waals surface area contributed by atoms with Gasteiger partial charge >= 0.3 is 0 Å². The van der Waals surface area contributed by atoms with Gasteiger partial charge in [0, 0.05) is 19.1 Å². The fourth-order valence-electron chi connectivity index (χ4n) is 3.38. The third-order valence-electron chi connectivity index (χ3n) is 4.67. The van der Waals surface area contributed by atoms with E-state index >= 15 is 0 Å². The molecule has 0 aliphatic carbocycles. The monoisotopic (exact) mass is 331 g/mol. The molecule has 1 N–H and O–H groups in total. The molecule has 24 heavy (non-hydrogen) atoms. The number of ether oxygens (including phenoxy) is 1. The van der Waals surface area contributed by atoms with E-state index in [4.69, 9.17) is 4.74 Å². The summed E-state index contributed by atoms with van der Waals surface area (Å²) < 4.78 is 5.33. The Bertz CT molecular complexity index is 578. The fourth-order valence-corrected chi connectivity index (χ4v) is 3.38. The SMILES string of the molecule is CN1CCC[C@H](NC(=O)[C@@H]2COCC(=O)N2Cc2ccccc2)C1. The van der Waals surface area contributed by atoms with Gasteiger partial charge in [0.2, 0.25) is 11.8 Å². The zero-order valence-corrected chi connectivity index (χ0v) is 14.1. The van der Waals surface area contributed by atoms with Gasteiger partial charge in [0.15, 0.2) is 0 Å². The number of piperidine rings is 1. The van der Waals surface area contributed by atoms with Crippen molar-refractivity contribution in [1.82, 2.24) is 15.1 Å². The first kappa shape index (κ1) is 16.9. The Hall–Kier alpha value is -1.92. The molecule has 0 bridgehead atoms. The highest BCUT2D eigenvalue weighted by atomic mass is 16.5. The minimum absolute atomic E-state index is 0.0444. The average molecular weight is 331 g/mol. The standard InChI is InChI=1S/C18H25N3O3/c1-20-9-5-8-15(11-20)19-18(23)16-12-24-13-17(22)21(16)10-14-6-3-2-4-7-14/h2-4,6-7,15-16H,5,8-13H2,1H3,(H,19,23)/t15-,16-/m0/s1. The number of hydrogen-bond acceptors (Lipinski definition) is 4. The first-order chi connectivity index (χ1) is 11.6. The Morgan fingerprint density at radius 2 is 2.12 bits per heavy atom. The van der Waals surface area contributed by atoms with Crippen molar-refractivity contribution in [3.63, 3.8) is 0 Å². The molecule has 130 valence electrons. The maximum atomic E-state index is 12.7. The number of likely N-dealkylation sites (N-methyl/N-ethyl adjacent to an activating group) is 1. The Balaban J connectivity index is 1.66. The van der Waals surface area contributed by atoms with Crippen LogP contribution in [0.3, 0.4) is 0 Å². The quantitative estimate of drug-likeness (QED) is 0.879. The topological polar surface area (TPSA) is 61.9 Å². The predicted octanol–water partition coefficient (Wildman–Crippen LogP) is 0.624. The van der Waals surface area contributed by atoms with Crippen LogP contribution in [-0.4, -0.2) is 67.0 Å². The predicted molar refractivity (Wildman–Crippen MR) is 90.3 cm³/mol. The van der Waals surface area contributed by atoms with Gasteiger partial charge in [0.25, 0.3) is 0 Å². The molecule has 3 rings (SSSR count). The van der Waals surface area contributed by atoms with E-state index in [1.165, 1.54) is 0 Å². The zero-order valence-electron chi connectivity index (χ0n) is 14.1. The van der Waals surface area contributed by atoms with E-state index in [-0.39, 0.29) is 31.1 Å². The van der Waals surface area contributed by atoms with Crippen molar-refractivity contribution >= 4 is 11.8 Å². The molecule has 2 fully saturated rings. The highest BCUT2D eigenvalue weighted by Crippen LogP contribution is 2.15. The lowest BCUT2D eigenvalue weighted by Crippen LogP contribution is -2.58. The molecule has 0 radical (unpaired) electrons. The summed E-state index contributed by atoms with van der Waals surface area (Å²) in [4.78, 5) is 28.8. The molecule has 2 heterocycles. The van der Waals surface area contributed by atoms with Crippen LogP contribution >= 0.6 is 0 Å². The van der Waals surface area contributed by atoms with E-state index in [2.05, 4.69) is 17.3 Å². The van der Waals surface area contributed by atoms with Crippen molar-refractivity contribution in [2.45, 2.75) is 31.5 Å². The molecule has 2 atom stereocenters. The van der Waals surface area contributed by atoms with Crippen molar-refractivity contribution in [1.29, 1.82) is 0 Å². The van der Waals surface area contributed by atoms with Gasteiger partial charge in [-0.25, -0.2) is 0 Å². The Morgan fingerprint density at radius 3 is 2.88 bits per heavy atom. The zero-order chi connectivity index (χ0) is 16.9. The fraction of sp³-hybridized carbons (Fsp3) is 0.556. The van der Waals surface area contributed by atoms with Crippen LogP contribution in [0.4, 0.5) is 0 Å². The number of benzene rings is 1. The summed E-state index contributed by atoms with van der Waals surface area (Å²) in [6.07, 6.45) is 2.06. The lowest BCUT2D eigenvalue weighted by atomic mass is 10.1. The molecule has 2 saturated heterocycles. The second-order valence-electron chi connectivity index (χ2n) is 6.65. The second-order valence-corrected chi connectivity index (χ2v) is 6.65. The smallest absolute Gasteiger partial charge is 0.249 e. The Kier molecular flexibility index (Phi) is 5.48. The summed E-state index contributed by atoms with van der Waals surface area (Å²) in [5.74, 6) is -0.245. The Morgan fingerprint density at radius 1 is 1.33 bits per heavy atom. The van der Waals surface area contributed by atoms with Crippen LogP contribution in [-0.2, 0) is 20.9 Å². The molecule has 0 saturated carbocycles. The summed E-state index contributed by atoms with van der Waals surface area (Å²) in [6, 6.07) is 9.33. The number of morpholine rings is 1. The van der Waals surface area contributed by atoms with Gasteiger partial charge in [-0.2, -0.15) is 0 Å². The Labute approximate surface area is 142 Å². The summed E-state index contributed by atoms with van der Waals surface area (Å²) in [5, 5.41) is 3.10. The summed E-state index contributed by atoms with van der Waals surface area (Å²) in [5.41, 5.74) is 1.02. The van der Waals surface area contributed by atoms with Gasteiger partial charge in [0.05, 0.1) is 6.61 Å². The van der Waals surface area contributed by atoms with Gasteiger partial charge < -0.3 is 19.9 Å². The van der Waals surface area contributed by atoms with Crippen molar-refractivity contribution in [2.75, 3.05) is 33.4 Å². The molecule has 2 amide bonds. The van der Waals surface area contributed by atoms with Crippen molar-refractivity contribution < 1.29 is 14.3 Å². The van der Waals surface area contributed by atoms with Gasteiger partial charge in [-0.1, -0.05) is 30.3 Å². The molecular weight excluding hydrogens is 306 g/mol. The van der Waals surface area contributed by atoms with Gasteiger partial charge in [-0.05, 0) is 32.0 Å². The maximum absolute atomic E-state index is 12.7. The lowest BCUT2D eigenvalue weighted by molar-refractivity contribution is -0.156. The number of likely N-dealkylation sites (tertiary alicyclic amines) is 1. The minimum atomic E-state index is -0.557. The van der Waals surface area contributed by atoms with Crippen LogP contribution in [0, 0.1) is 0 Å². The molecule has 2 aliphatic rings. The van der Waals surface area contributed by atoms with E-state index in [1.54, 1.807) is 4.90 Å². The number of nitrogens with zero attached hydrogens (tertiary/aromatic N) is 2. The normalized spacial score (nSPS) is 25.5. The van der Waals surface area contributed by atoms with E-state index in [0.717, 1.165) is 31.5 Å². The minimum Gasteiger partial charge on any atom is -0.369 e. The van der Waals surface area contributed by atoms with Crippen molar-refractivity contribution in [3.05, 3.63) is 35.9 Å². The van der Waals surface area contributed by atoms with Gasteiger partial charge in [0.1, 0.15) is 12.6 Å². The summed E-state index contributed by atoms with van der Waals surface area (Å²) in [6.45, 7) is 2.66. The first-order valence-electron chi connectivity index (χ1n) is 8.53. The van der Waals surface area contributed by atoms with Gasteiger partial charge in [-0.15, -0.1) is 0 Å². The van der Waals surface area contributed by atoms with Crippen LogP contribution in [0.25, 0.3) is 0 Å². The first-order valence-corrected chi connectivity index (χ1v) is 8.53. The number of carbonyl (C=O) groups is 2. The van der Waals surface area contributed by atoms with Crippen LogP contribution in [0.2, 0.25) is 0 Å². The van der Waals surface area contributed by atoms with Gasteiger partial charge in [-0.3, -0.25) is 9.59 Å². The molecular formula is C18H25N3O3. The van der Waals surface area contributed by atoms with Crippen molar-refractivity contribution in [2.24, 2.45) is 0 Å². The third kappa shape index (κ3) is 4.13. The van der Waals surface area contributed by atoms with E-state index in [0.29, 0.717) is 6.54 Å². The molecule has 0 spiro atoms. The molecule has 0 unspecified atom stereocenters. The molecule has 6 heteroatoms. The molecule has 6 nitrogen and oxygen atoms in total. The maximum Gasteiger partial charge on any atom is 0.249 e. The largest absolute Gasteiger partial charge is 0.369 e. The highest BCUT2D eigenvalue weighted by molar-refractivity contribution is 5.89. The number of amides is 2. The van der Waals surface area contributed by atoms with Crippen LogP contribution in [0.5, 0.6) is 0 Å². The van der Waals surface area contributed by atoms with E-state index < -0.39 is 6.04 Å². The van der Waals surface area contributed by atoms with E-state index in [1.807, 2.05) is 30.3 Å². The number of nitrogens with one attached hydrogen (secondary N) is 1. The number of hydrogen-bond donors (Lipinski definition) is 1. The highest BCUT2D eigenvalue weighted by Gasteiger charge is 2.35. The van der Waals surface area contributed by atoms with Crippen LogP contribution < -0.4 is 5.32 Å². The van der Waals surface area contributed by atoms with Crippen LogP contribution in [0.15, 0.2) is 30.3 Å². The molecule has 1 aromatic rings. The van der Waals surface area contributed by atoms with E-state index in [9.17, 15) is 9.59 Å².